The van der Waals surface area contributed by atoms with Gasteiger partial charge >= 0.3 is 0 Å². The lowest BCUT2D eigenvalue weighted by atomic mass is 10.1. The van der Waals surface area contributed by atoms with Crippen LogP contribution >= 0.6 is 0 Å². The predicted octanol–water partition coefficient (Wildman–Crippen LogP) is 0.906. The van der Waals surface area contributed by atoms with E-state index in [-0.39, 0.29) is 11.7 Å². The van der Waals surface area contributed by atoms with E-state index in [4.69, 9.17) is 10.9 Å². The highest BCUT2D eigenvalue weighted by atomic mass is 19.1. The molecule has 0 amide bonds. The van der Waals surface area contributed by atoms with Gasteiger partial charge in [-0.1, -0.05) is 17.3 Å². The molecule has 0 aliphatic rings. The van der Waals surface area contributed by atoms with Gasteiger partial charge in [0.2, 0.25) is 0 Å². The minimum atomic E-state index is -0.385. The van der Waals surface area contributed by atoms with Crippen LogP contribution in [0.1, 0.15) is 11.1 Å². The standard InChI is InChI=1S/C13H16FN5O/c14-12-7-10(13(15)18-20)1-2-11(12)8-16-3-5-19-6-4-17-9-19/h1-2,4,6-7,9,16,20H,3,5,8H2,(H2,15,18). The van der Waals surface area contributed by atoms with Crippen LogP contribution in [0.3, 0.4) is 0 Å². The van der Waals surface area contributed by atoms with Crippen molar-refractivity contribution in [1.29, 1.82) is 0 Å². The summed E-state index contributed by atoms with van der Waals surface area (Å²) in [4.78, 5) is 3.94. The third-order valence-electron chi connectivity index (χ3n) is 2.88. The molecule has 0 saturated heterocycles. The van der Waals surface area contributed by atoms with Crippen molar-refractivity contribution < 1.29 is 9.60 Å². The first kappa shape index (κ1) is 14.0. The largest absolute Gasteiger partial charge is 0.409 e. The van der Waals surface area contributed by atoms with Crippen LogP contribution < -0.4 is 11.1 Å². The van der Waals surface area contributed by atoms with E-state index < -0.39 is 0 Å². The van der Waals surface area contributed by atoms with Crippen molar-refractivity contribution in [3.8, 4) is 0 Å². The van der Waals surface area contributed by atoms with Gasteiger partial charge in [0.15, 0.2) is 5.84 Å². The molecule has 0 aliphatic carbocycles. The van der Waals surface area contributed by atoms with Crippen molar-refractivity contribution in [3.63, 3.8) is 0 Å². The molecule has 0 fully saturated rings. The highest BCUT2D eigenvalue weighted by molar-refractivity contribution is 5.97. The Balaban J connectivity index is 1.87. The maximum absolute atomic E-state index is 13.8. The number of benzene rings is 1. The molecule has 2 aromatic rings. The predicted molar refractivity (Wildman–Crippen MR) is 72.8 cm³/mol. The zero-order valence-corrected chi connectivity index (χ0v) is 10.8. The number of hydrogen-bond acceptors (Lipinski definition) is 4. The molecule has 7 heteroatoms. The maximum atomic E-state index is 13.8. The molecule has 0 unspecified atom stereocenters. The van der Waals surface area contributed by atoms with Gasteiger partial charge in [-0.3, -0.25) is 0 Å². The van der Waals surface area contributed by atoms with E-state index in [0.29, 0.717) is 24.2 Å². The van der Waals surface area contributed by atoms with Crippen molar-refractivity contribution in [1.82, 2.24) is 14.9 Å². The number of hydrogen-bond donors (Lipinski definition) is 3. The van der Waals surface area contributed by atoms with E-state index in [2.05, 4.69) is 15.5 Å². The van der Waals surface area contributed by atoms with Gasteiger partial charge in [-0.15, -0.1) is 0 Å². The van der Waals surface area contributed by atoms with Crippen LogP contribution in [0.5, 0.6) is 0 Å². The van der Waals surface area contributed by atoms with E-state index in [0.717, 1.165) is 6.54 Å². The first-order chi connectivity index (χ1) is 9.70. The molecule has 1 aromatic heterocycles. The Hall–Kier alpha value is -2.41. The van der Waals surface area contributed by atoms with Crippen LogP contribution in [0, 0.1) is 5.82 Å². The SMILES string of the molecule is NC(=NO)c1ccc(CNCCn2ccnc2)c(F)c1. The average Bonchev–Trinajstić information content (AvgIpc) is 2.97. The third-order valence-corrected chi connectivity index (χ3v) is 2.88. The van der Waals surface area contributed by atoms with E-state index in [1.165, 1.54) is 6.07 Å². The number of nitrogens with one attached hydrogen (secondary N) is 1. The van der Waals surface area contributed by atoms with Gasteiger partial charge < -0.3 is 20.8 Å². The Labute approximate surface area is 115 Å². The van der Waals surface area contributed by atoms with E-state index in [1.807, 2.05) is 10.8 Å². The summed E-state index contributed by atoms with van der Waals surface area (Å²) in [5.41, 5.74) is 6.28. The van der Waals surface area contributed by atoms with Crippen molar-refractivity contribution in [2.24, 2.45) is 10.9 Å². The zero-order chi connectivity index (χ0) is 14.4. The summed E-state index contributed by atoms with van der Waals surface area (Å²) in [6.07, 6.45) is 5.31. The number of rotatable bonds is 6. The molecule has 0 radical (unpaired) electrons. The lowest BCUT2D eigenvalue weighted by Crippen LogP contribution is -2.20. The fourth-order valence-corrected chi connectivity index (χ4v) is 1.76. The summed E-state index contributed by atoms with van der Waals surface area (Å²) in [5, 5.41) is 14.5. The van der Waals surface area contributed by atoms with Gasteiger partial charge in [-0.2, -0.15) is 0 Å². The Bertz CT molecular complexity index is 582. The van der Waals surface area contributed by atoms with E-state index in [9.17, 15) is 4.39 Å². The molecule has 1 heterocycles. The summed E-state index contributed by atoms with van der Waals surface area (Å²) in [6, 6.07) is 4.49. The number of nitrogens with zero attached hydrogens (tertiary/aromatic N) is 3. The van der Waals surface area contributed by atoms with Crippen molar-refractivity contribution in [2.75, 3.05) is 6.54 Å². The quantitative estimate of drug-likeness (QED) is 0.241. The summed E-state index contributed by atoms with van der Waals surface area (Å²) < 4.78 is 15.7. The smallest absolute Gasteiger partial charge is 0.170 e. The number of halogens is 1. The minimum Gasteiger partial charge on any atom is -0.409 e. The molecule has 1 aromatic carbocycles. The molecule has 0 saturated carbocycles. The lowest BCUT2D eigenvalue weighted by Gasteiger charge is -2.08. The van der Waals surface area contributed by atoms with Gasteiger partial charge in [0.25, 0.3) is 0 Å². The zero-order valence-electron chi connectivity index (χ0n) is 10.8. The number of amidine groups is 1. The normalized spacial score (nSPS) is 11.8. The molecule has 0 bridgehead atoms. The van der Waals surface area contributed by atoms with Gasteiger partial charge in [0.05, 0.1) is 6.33 Å². The highest BCUT2D eigenvalue weighted by Crippen LogP contribution is 2.10. The fraction of sp³-hybridized carbons (Fsp3) is 0.231. The van der Waals surface area contributed by atoms with Gasteiger partial charge in [-0.05, 0) is 6.07 Å². The van der Waals surface area contributed by atoms with Crippen LogP contribution in [0.2, 0.25) is 0 Å². The highest BCUT2D eigenvalue weighted by Gasteiger charge is 2.06. The fourth-order valence-electron chi connectivity index (χ4n) is 1.76. The number of aromatic nitrogens is 2. The second-order valence-corrected chi connectivity index (χ2v) is 4.27. The average molecular weight is 277 g/mol. The Morgan fingerprint density at radius 1 is 1.50 bits per heavy atom. The van der Waals surface area contributed by atoms with E-state index in [1.54, 1.807) is 24.7 Å². The number of nitrogens with two attached hydrogens (primary N) is 1. The van der Waals surface area contributed by atoms with Gasteiger partial charge in [0.1, 0.15) is 5.82 Å². The van der Waals surface area contributed by atoms with Crippen LogP contribution in [0.4, 0.5) is 4.39 Å². The van der Waals surface area contributed by atoms with Crippen LogP contribution in [-0.2, 0) is 13.1 Å². The Kier molecular flexibility index (Phi) is 4.67. The van der Waals surface area contributed by atoms with Crippen LogP contribution in [0.15, 0.2) is 42.1 Å². The van der Waals surface area contributed by atoms with E-state index >= 15 is 0 Å². The lowest BCUT2D eigenvalue weighted by molar-refractivity contribution is 0.318. The first-order valence-electron chi connectivity index (χ1n) is 6.13. The summed E-state index contributed by atoms with van der Waals surface area (Å²) >= 11 is 0. The molecule has 106 valence electrons. The molecule has 0 atom stereocenters. The third kappa shape index (κ3) is 3.55. The molecule has 0 spiro atoms. The summed E-state index contributed by atoms with van der Waals surface area (Å²) in [6.45, 7) is 1.89. The summed E-state index contributed by atoms with van der Waals surface area (Å²) in [5.74, 6) is -0.493. The molecule has 2 rings (SSSR count). The van der Waals surface area contributed by atoms with Crippen LogP contribution in [-0.4, -0.2) is 27.1 Å². The van der Waals surface area contributed by atoms with Crippen molar-refractivity contribution in [2.45, 2.75) is 13.1 Å². The first-order valence-corrected chi connectivity index (χ1v) is 6.13. The molecular formula is C13H16FN5O. The van der Waals surface area contributed by atoms with Gasteiger partial charge in [-0.25, -0.2) is 9.37 Å². The molecule has 20 heavy (non-hydrogen) atoms. The Morgan fingerprint density at radius 2 is 2.35 bits per heavy atom. The van der Waals surface area contributed by atoms with Gasteiger partial charge in [0, 0.05) is 43.2 Å². The van der Waals surface area contributed by atoms with Crippen molar-refractivity contribution in [3.05, 3.63) is 53.9 Å². The van der Waals surface area contributed by atoms with Crippen molar-refractivity contribution >= 4 is 5.84 Å². The number of imidazole rings is 1. The summed E-state index contributed by atoms with van der Waals surface area (Å²) in [7, 11) is 0. The molecular weight excluding hydrogens is 261 g/mol. The number of oxime groups is 1. The van der Waals surface area contributed by atoms with Crippen LogP contribution in [0.25, 0.3) is 0 Å². The Morgan fingerprint density at radius 3 is 3.00 bits per heavy atom. The minimum absolute atomic E-state index is 0.108. The topological polar surface area (TPSA) is 88.5 Å². The second-order valence-electron chi connectivity index (χ2n) is 4.27. The molecule has 0 aliphatic heterocycles. The monoisotopic (exact) mass is 277 g/mol. The molecule has 6 nitrogen and oxygen atoms in total. The second kappa shape index (κ2) is 6.67. The maximum Gasteiger partial charge on any atom is 0.170 e. The molecule has 4 N–H and O–H groups in total.